The topological polar surface area (TPSA) is 121 Å². The smallest absolute Gasteiger partial charge is 0.417 e. The molecule has 1 saturated heterocycles. The Morgan fingerprint density at radius 2 is 1.98 bits per heavy atom. The number of aryl methyl sites for hydroxylation is 1. The van der Waals surface area contributed by atoms with Crippen LogP contribution in [0.4, 0.5) is 27.6 Å². The van der Waals surface area contributed by atoms with Gasteiger partial charge in [-0.1, -0.05) is 13.0 Å². The summed E-state index contributed by atoms with van der Waals surface area (Å²) in [5.41, 5.74) is 2.75. The van der Waals surface area contributed by atoms with Crippen LogP contribution < -0.4 is 15.8 Å². The molecule has 214 valence electrons. The van der Waals surface area contributed by atoms with E-state index in [0.717, 1.165) is 25.1 Å². The molecule has 14 heteroatoms. The summed E-state index contributed by atoms with van der Waals surface area (Å²) in [7, 11) is 1.73. The molecule has 0 saturated carbocycles. The Balaban J connectivity index is 1.72. The number of amides is 2. The summed E-state index contributed by atoms with van der Waals surface area (Å²) in [6.45, 7) is 1.84. The van der Waals surface area contributed by atoms with E-state index in [9.17, 15) is 27.2 Å². The second-order valence-corrected chi connectivity index (χ2v) is 9.62. The van der Waals surface area contributed by atoms with Crippen molar-refractivity contribution in [3.8, 4) is 5.75 Å². The molecule has 0 aliphatic carbocycles. The van der Waals surface area contributed by atoms with Crippen LogP contribution in [0, 0.1) is 17.6 Å². The largest absolute Gasteiger partial charge is 0.490 e. The lowest BCUT2D eigenvalue weighted by Crippen LogP contribution is -2.47. The van der Waals surface area contributed by atoms with Crippen molar-refractivity contribution < 1.29 is 41.0 Å². The quantitative estimate of drug-likeness (QED) is 0.399. The molecular formula is C26H26F5N5O4. The van der Waals surface area contributed by atoms with Gasteiger partial charge in [0.25, 0.3) is 11.8 Å². The van der Waals surface area contributed by atoms with Gasteiger partial charge in [0, 0.05) is 54.6 Å². The molecule has 3 aromatic rings. The number of hydrogen-bond acceptors (Lipinski definition) is 6. The van der Waals surface area contributed by atoms with E-state index < -0.39 is 58.9 Å². The fourth-order valence-corrected chi connectivity index (χ4v) is 4.72. The van der Waals surface area contributed by atoms with Gasteiger partial charge in [0.2, 0.25) is 5.82 Å². The summed E-state index contributed by atoms with van der Waals surface area (Å²) in [6.07, 6.45) is -2.23. The summed E-state index contributed by atoms with van der Waals surface area (Å²) in [5, 5.41) is 2.40. The number of nitrogens with zero attached hydrogens (tertiary/aromatic N) is 3. The summed E-state index contributed by atoms with van der Waals surface area (Å²) in [5.74, 6) is -8.06. The average molecular weight is 568 g/mol. The highest BCUT2D eigenvalue weighted by Gasteiger charge is 2.66. The van der Waals surface area contributed by atoms with Crippen molar-refractivity contribution in [2.24, 2.45) is 18.7 Å². The van der Waals surface area contributed by atoms with Gasteiger partial charge in [0.05, 0.1) is 12.9 Å². The third-order valence-corrected chi connectivity index (χ3v) is 7.17. The number of pyridine rings is 1. The first-order valence-corrected chi connectivity index (χ1v) is 12.1. The van der Waals surface area contributed by atoms with E-state index in [0.29, 0.717) is 5.69 Å². The molecule has 2 aromatic heterocycles. The van der Waals surface area contributed by atoms with Crippen molar-refractivity contribution >= 4 is 17.5 Å². The van der Waals surface area contributed by atoms with Crippen molar-refractivity contribution in [3.05, 3.63) is 71.6 Å². The molecule has 1 aromatic carbocycles. The van der Waals surface area contributed by atoms with Crippen LogP contribution in [-0.4, -0.2) is 50.8 Å². The number of ether oxygens (including phenoxy) is 2. The van der Waals surface area contributed by atoms with E-state index in [2.05, 4.69) is 15.3 Å². The SMILES string of the molecule is C[C@H]1[C@@H](c2ccc(F)c(F)c2OCCc2cncn2C)[C@H](C(=O)Nc2ccnc(C(N)=O)c2)O[C@@]1(C)C(F)(F)F. The molecule has 1 fully saturated rings. The number of carbonyl (C=O) groups is 2. The first kappa shape index (κ1) is 28.9. The van der Waals surface area contributed by atoms with Gasteiger partial charge in [-0.3, -0.25) is 14.6 Å². The molecule has 1 aliphatic rings. The third-order valence-electron chi connectivity index (χ3n) is 7.17. The van der Waals surface area contributed by atoms with Crippen molar-refractivity contribution in [2.75, 3.05) is 11.9 Å². The fraction of sp³-hybridized carbons (Fsp3) is 0.385. The Morgan fingerprint density at radius 1 is 1.25 bits per heavy atom. The van der Waals surface area contributed by atoms with E-state index in [1.54, 1.807) is 17.8 Å². The lowest BCUT2D eigenvalue weighted by molar-refractivity contribution is -0.272. The number of nitrogens with one attached hydrogen (secondary N) is 1. The number of carbonyl (C=O) groups excluding carboxylic acids is 2. The van der Waals surface area contributed by atoms with Crippen molar-refractivity contribution in [3.63, 3.8) is 0 Å². The second-order valence-electron chi connectivity index (χ2n) is 9.62. The maximum atomic E-state index is 15.1. The molecule has 0 unspecified atom stereocenters. The van der Waals surface area contributed by atoms with Gasteiger partial charge in [0.15, 0.2) is 17.2 Å². The second kappa shape index (κ2) is 10.8. The fourth-order valence-electron chi connectivity index (χ4n) is 4.72. The molecule has 1 aliphatic heterocycles. The van der Waals surface area contributed by atoms with Crippen LogP contribution in [0.2, 0.25) is 0 Å². The summed E-state index contributed by atoms with van der Waals surface area (Å²) in [4.78, 5) is 32.5. The van der Waals surface area contributed by atoms with E-state index in [4.69, 9.17) is 15.2 Å². The molecule has 9 nitrogen and oxygen atoms in total. The highest BCUT2D eigenvalue weighted by molar-refractivity contribution is 5.97. The van der Waals surface area contributed by atoms with Gasteiger partial charge in [-0.15, -0.1) is 0 Å². The van der Waals surface area contributed by atoms with Crippen molar-refractivity contribution in [1.82, 2.24) is 14.5 Å². The normalized spacial score (nSPS) is 22.8. The zero-order valence-electron chi connectivity index (χ0n) is 21.6. The minimum absolute atomic E-state index is 0.0161. The van der Waals surface area contributed by atoms with Crippen LogP contribution in [0.1, 0.15) is 41.5 Å². The number of rotatable bonds is 8. The Kier molecular flexibility index (Phi) is 7.83. The molecular weight excluding hydrogens is 541 g/mol. The zero-order chi connectivity index (χ0) is 29.4. The standard InChI is InChI=1S/C26H26F5N5O4/c1-13-19(16-4-5-17(27)20(28)21(16)39-9-7-15-11-33-12-36(15)3)22(40-25(13,2)26(29,30)31)24(38)35-14-6-8-34-18(10-14)23(32)37/h4-6,8,10-13,19,22H,7,9H2,1-3H3,(H2,32,37)(H,34,35,38)/t13-,19-,22+,25+/m0/s1. The van der Waals surface area contributed by atoms with Gasteiger partial charge in [0.1, 0.15) is 11.8 Å². The van der Waals surface area contributed by atoms with Crippen LogP contribution in [0.5, 0.6) is 5.75 Å². The number of alkyl halides is 3. The van der Waals surface area contributed by atoms with Crippen LogP contribution in [-0.2, 0) is 23.0 Å². The minimum atomic E-state index is -4.92. The monoisotopic (exact) mass is 567 g/mol. The first-order chi connectivity index (χ1) is 18.7. The molecule has 4 atom stereocenters. The molecule has 3 heterocycles. The Hall–Kier alpha value is -4.07. The maximum Gasteiger partial charge on any atom is 0.417 e. The lowest BCUT2D eigenvalue weighted by Gasteiger charge is -2.32. The molecule has 40 heavy (non-hydrogen) atoms. The number of hydrogen-bond donors (Lipinski definition) is 2. The predicted molar refractivity (Wildman–Crippen MR) is 131 cm³/mol. The molecule has 4 rings (SSSR count). The van der Waals surface area contributed by atoms with Gasteiger partial charge < -0.3 is 25.1 Å². The van der Waals surface area contributed by atoms with Crippen LogP contribution in [0.25, 0.3) is 0 Å². The number of halogens is 5. The van der Waals surface area contributed by atoms with Crippen LogP contribution in [0.15, 0.2) is 43.0 Å². The number of benzene rings is 1. The van der Waals surface area contributed by atoms with Gasteiger partial charge in [-0.2, -0.15) is 17.6 Å². The molecule has 0 spiro atoms. The van der Waals surface area contributed by atoms with Crippen LogP contribution >= 0.6 is 0 Å². The number of primary amides is 1. The van der Waals surface area contributed by atoms with E-state index in [1.165, 1.54) is 25.5 Å². The number of nitrogens with two attached hydrogens (primary N) is 1. The number of anilines is 1. The number of imidazole rings is 1. The maximum absolute atomic E-state index is 15.1. The molecule has 0 bridgehead atoms. The van der Waals surface area contributed by atoms with E-state index >= 15 is 4.39 Å². The van der Waals surface area contributed by atoms with Crippen molar-refractivity contribution in [1.29, 1.82) is 0 Å². The van der Waals surface area contributed by atoms with E-state index in [1.807, 2.05) is 0 Å². The Bertz CT molecular complexity index is 1430. The van der Waals surface area contributed by atoms with E-state index in [-0.39, 0.29) is 30.0 Å². The van der Waals surface area contributed by atoms with Crippen LogP contribution in [0.3, 0.4) is 0 Å². The predicted octanol–water partition coefficient (Wildman–Crippen LogP) is 3.89. The lowest BCUT2D eigenvalue weighted by atomic mass is 9.77. The average Bonchev–Trinajstić information content (AvgIpc) is 3.42. The Labute approximate surface area is 225 Å². The Morgan fingerprint density at radius 3 is 2.60 bits per heavy atom. The molecule has 3 N–H and O–H groups in total. The number of aromatic nitrogens is 3. The summed E-state index contributed by atoms with van der Waals surface area (Å²) >= 11 is 0. The minimum Gasteiger partial charge on any atom is -0.490 e. The van der Waals surface area contributed by atoms with Crippen molar-refractivity contribution in [2.45, 2.75) is 44.1 Å². The highest BCUT2D eigenvalue weighted by Crippen LogP contribution is 2.55. The first-order valence-electron chi connectivity index (χ1n) is 12.1. The summed E-state index contributed by atoms with van der Waals surface area (Å²) in [6, 6.07) is 4.28. The highest BCUT2D eigenvalue weighted by atomic mass is 19.4. The molecule has 0 radical (unpaired) electrons. The summed E-state index contributed by atoms with van der Waals surface area (Å²) < 4.78 is 84.8. The van der Waals surface area contributed by atoms with Gasteiger partial charge >= 0.3 is 6.18 Å². The van der Waals surface area contributed by atoms with Gasteiger partial charge in [-0.05, 0) is 25.1 Å². The third kappa shape index (κ3) is 5.35. The molecule has 2 amide bonds. The zero-order valence-corrected chi connectivity index (χ0v) is 21.6. The van der Waals surface area contributed by atoms with Gasteiger partial charge in [-0.25, -0.2) is 9.37 Å².